The van der Waals surface area contributed by atoms with Crippen LogP contribution >= 0.6 is 0 Å². The molecule has 84 valence electrons. The van der Waals surface area contributed by atoms with E-state index >= 15 is 0 Å². The van der Waals surface area contributed by atoms with E-state index < -0.39 is 0 Å². The first-order valence-corrected chi connectivity index (χ1v) is 5.03. The Balaban J connectivity index is 2.57. The normalized spacial score (nSPS) is 9.50. The summed E-state index contributed by atoms with van der Waals surface area (Å²) in [5, 5.41) is 2.70. The summed E-state index contributed by atoms with van der Waals surface area (Å²) in [7, 11) is 1.64. The lowest BCUT2D eigenvalue weighted by molar-refractivity contribution is 0.0953. The summed E-state index contributed by atoms with van der Waals surface area (Å²) >= 11 is 0. The summed E-state index contributed by atoms with van der Waals surface area (Å²) in [6, 6.07) is 2.93. The number of unbranched alkanes of at least 4 members (excludes halogenated alkanes) is 1. The zero-order valence-electron chi connectivity index (χ0n) is 9.19. The molecular weight excluding hydrogens is 204 g/mol. The van der Waals surface area contributed by atoms with Gasteiger partial charge in [0, 0.05) is 37.8 Å². The Morgan fingerprint density at radius 1 is 1.62 bits per heavy atom. The van der Waals surface area contributed by atoms with Crippen molar-refractivity contribution in [3.63, 3.8) is 0 Å². The number of pyridine rings is 1. The quantitative estimate of drug-likeness (QED) is 0.592. The van der Waals surface area contributed by atoms with Crippen molar-refractivity contribution in [2.75, 3.05) is 6.54 Å². The zero-order chi connectivity index (χ0) is 12.0. The maximum absolute atomic E-state index is 11.6. The molecule has 1 rings (SSSR count). The summed E-state index contributed by atoms with van der Waals surface area (Å²) < 4.78 is 1.41. The number of nitrogens with zero attached hydrogens (tertiary/aromatic N) is 1. The number of carbonyl (C=O) groups is 1. The molecule has 16 heavy (non-hydrogen) atoms. The van der Waals surface area contributed by atoms with Gasteiger partial charge in [-0.2, -0.15) is 0 Å². The lowest BCUT2D eigenvalue weighted by atomic mass is 10.2. The molecular formula is C12H14N2O2. The first-order chi connectivity index (χ1) is 7.65. The molecule has 0 bridgehead atoms. The molecule has 0 unspecified atom stereocenters. The molecule has 4 heteroatoms. The van der Waals surface area contributed by atoms with Crippen LogP contribution in [0.15, 0.2) is 23.1 Å². The molecule has 0 radical (unpaired) electrons. The van der Waals surface area contributed by atoms with Gasteiger partial charge in [-0.3, -0.25) is 9.59 Å². The van der Waals surface area contributed by atoms with Gasteiger partial charge >= 0.3 is 0 Å². The van der Waals surface area contributed by atoms with E-state index in [9.17, 15) is 9.59 Å². The number of hydrogen-bond acceptors (Lipinski definition) is 2. The fraction of sp³-hybridized carbons (Fsp3) is 0.333. The third-order valence-corrected chi connectivity index (χ3v) is 2.15. The smallest absolute Gasteiger partial charge is 0.251 e. The first kappa shape index (κ1) is 12.1. The van der Waals surface area contributed by atoms with Crippen molar-refractivity contribution >= 4 is 5.91 Å². The first-order valence-electron chi connectivity index (χ1n) is 5.03. The number of hydrogen-bond donors (Lipinski definition) is 1. The fourth-order valence-electron chi connectivity index (χ4n) is 1.18. The Hall–Kier alpha value is -2.02. The van der Waals surface area contributed by atoms with E-state index in [0.29, 0.717) is 18.5 Å². The molecule has 0 atom stereocenters. The molecule has 0 saturated carbocycles. The van der Waals surface area contributed by atoms with Crippen LogP contribution in [0.25, 0.3) is 0 Å². The van der Waals surface area contributed by atoms with Crippen LogP contribution in [-0.4, -0.2) is 17.0 Å². The van der Waals surface area contributed by atoms with Gasteiger partial charge in [0.15, 0.2) is 0 Å². The molecule has 0 aliphatic carbocycles. The average molecular weight is 218 g/mol. The third kappa shape index (κ3) is 3.28. The van der Waals surface area contributed by atoms with Crippen LogP contribution in [0.3, 0.4) is 0 Å². The van der Waals surface area contributed by atoms with Crippen LogP contribution in [0.1, 0.15) is 23.2 Å². The molecule has 1 heterocycles. The Morgan fingerprint density at radius 2 is 2.38 bits per heavy atom. The summed E-state index contributed by atoms with van der Waals surface area (Å²) in [4.78, 5) is 22.8. The van der Waals surface area contributed by atoms with E-state index in [1.807, 2.05) is 0 Å². The van der Waals surface area contributed by atoms with Gasteiger partial charge in [0.1, 0.15) is 0 Å². The maximum atomic E-state index is 11.6. The number of aryl methyl sites for hydroxylation is 1. The molecule has 0 aliphatic rings. The van der Waals surface area contributed by atoms with E-state index in [1.165, 1.54) is 10.6 Å². The molecule has 4 nitrogen and oxygen atoms in total. The number of aromatic nitrogens is 1. The van der Waals surface area contributed by atoms with Gasteiger partial charge in [0.05, 0.1) is 0 Å². The topological polar surface area (TPSA) is 51.1 Å². The van der Waals surface area contributed by atoms with Gasteiger partial charge in [0.2, 0.25) is 0 Å². The Labute approximate surface area is 94.3 Å². The van der Waals surface area contributed by atoms with Gasteiger partial charge in [-0.25, -0.2) is 0 Å². The van der Waals surface area contributed by atoms with Crippen LogP contribution in [0.2, 0.25) is 0 Å². The number of terminal acetylenes is 1. The second-order valence-corrected chi connectivity index (χ2v) is 3.43. The fourth-order valence-corrected chi connectivity index (χ4v) is 1.18. The second kappa shape index (κ2) is 5.76. The molecule has 0 aliphatic heterocycles. The number of rotatable bonds is 4. The van der Waals surface area contributed by atoms with Crippen molar-refractivity contribution in [2.24, 2.45) is 7.05 Å². The molecule has 0 saturated heterocycles. The van der Waals surface area contributed by atoms with Gasteiger partial charge < -0.3 is 9.88 Å². The Bertz CT molecular complexity index is 469. The number of nitrogens with one attached hydrogen (secondary N) is 1. The van der Waals surface area contributed by atoms with Crippen molar-refractivity contribution in [1.82, 2.24) is 9.88 Å². The molecule has 0 fully saturated rings. The monoisotopic (exact) mass is 218 g/mol. The third-order valence-electron chi connectivity index (χ3n) is 2.15. The summed E-state index contributed by atoms with van der Waals surface area (Å²) in [5.41, 5.74) is 0.181. The highest BCUT2D eigenvalue weighted by atomic mass is 16.2. The minimum Gasteiger partial charge on any atom is -0.352 e. The highest BCUT2D eigenvalue weighted by Crippen LogP contribution is 1.94. The van der Waals surface area contributed by atoms with Gasteiger partial charge in [0.25, 0.3) is 11.5 Å². The minimum atomic E-state index is -0.241. The van der Waals surface area contributed by atoms with Crippen molar-refractivity contribution in [2.45, 2.75) is 12.8 Å². The average Bonchev–Trinajstić information content (AvgIpc) is 2.28. The van der Waals surface area contributed by atoms with Crippen molar-refractivity contribution in [1.29, 1.82) is 0 Å². The van der Waals surface area contributed by atoms with E-state index in [4.69, 9.17) is 6.42 Å². The highest BCUT2D eigenvalue weighted by Gasteiger charge is 2.05. The van der Waals surface area contributed by atoms with Crippen LogP contribution in [0, 0.1) is 12.3 Å². The molecule has 1 N–H and O–H groups in total. The van der Waals surface area contributed by atoms with Gasteiger partial charge in [-0.1, -0.05) is 0 Å². The predicted molar refractivity (Wildman–Crippen MR) is 62.1 cm³/mol. The molecule has 0 spiro atoms. The van der Waals surface area contributed by atoms with Crippen molar-refractivity contribution in [3.05, 3.63) is 34.2 Å². The summed E-state index contributed by atoms with van der Waals surface area (Å²) in [6.45, 7) is 0.526. The van der Waals surface area contributed by atoms with E-state index in [-0.39, 0.29) is 11.5 Å². The Morgan fingerprint density at radius 3 is 3.00 bits per heavy atom. The highest BCUT2D eigenvalue weighted by molar-refractivity contribution is 5.93. The standard InChI is InChI=1S/C12H14N2O2/c1-3-4-5-7-13-12(16)10-6-8-14(2)11(15)9-10/h1,6,8-9H,4-5,7H2,2H3,(H,13,16). The molecule has 0 aromatic carbocycles. The molecule has 1 aromatic rings. The van der Waals surface area contributed by atoms with Crippen LogP contribution in [0.4, 0.5) is 0 Å². The second-order valence-electron chi connectivity index (χ2n) is 3.43. The Kier molecular flexibility index (Phi) is 4.34. The van der Waals surface area contributed by atoms with E-state index in [0.717, 1.165) is 6.42 Å². The number of carbonyl (C=O) groups excluding carboxylic acids is 1. The maximum Gasteiger partial charge on any atom is 0.251 e. The molecule has 1 aromatic heterocycles. The summed E-state index contributed by atoms with van der Waals surface area (Å²) in [6.07, 6.45) is 8.03. The number of amides is 1. The van der Waals surface area contributed by atoms with Gasteiger partial charge in [-0.15, -0.1) is 12.3 Å². The predicted octanol–water partition coefficient (Wildman–Crippen LogP) is 0.528. The zero-order valence-corrected chi connectivity index (χ0v) is 9.19. The van der Waals surface area contributed by atoms with Crippen LogP contribution in [-0.2, 0) is 7.05 Å². The van der Waals surface area contributed by atoms with Crippen molar-refractivity contribution < 1.29 is 4.79 Å². The minimum absolute atomic E-state index is 0.198. The van der Waals surface area contributed by atoms with Gasteiger partial charge in [-0.05, 0) is 12.5 Å². The van der Waals surface area contributed by atoms with E-state index in [2.05, 4.69) is 11.2 Å². The van der Waals surface area contributed by atoms with Crippen LogP contribution in [0.5, 0.6) is 0 Å². The van der Waals surface area contributed by atoms with Crippen molar-refractivity contribution in [3.8, 4) is 12.3 Å². The lowest BCUT2D eigenvalue weighted by Gasteiger charge is -2.04. The molecule has 1 amide bonds. The lowest BCUT2D eigenvalue weighted by Crippen LogP contribution is -2.26. The SMILES string of the molecule is C#CCCCNC(=O)c1ccn(C)c(=O)c1. The van der Waals surface area contributed by atoms with Crippen LogP contribution < -0.4 is 10.9 Å². The van der Waals surface area contributed by atoms with E-state index in [1.54, 1.807) is 19.3 Å². The summed E-state index contributed by atoms with van der Waals surface area (Å²) in [5.74, 6) is 2.25. The largest absolute Gasteiger partial charge is 0.352 e.